The molecule has 1 N–H and O–H groups in total. The van der Waals surface area contributed by atoms with Crippen LogP contribution in [0.4, 0.5) is 5.88 Å². The maximum Gasteiger partial charge on any atom is 0.433 e. The molecule has 2 rings (SSSR count). The Bertz CT molecular complexity index is 724. The van der Waals surface area contributed by atoms with Gasteiger partial charge < -0.3 is 9.73 Å². The summed E-state index contributed by atoms with van der Waals surface area (Å²) in [4.78, 5) is 21.7. The molecule has 22 heavy (non-hydrogen) atoms. The van der Waals surface area contributed by atoms with Gasteiger partial charge in [-0.1, -0.05) is 23.7 Å². The van der Waals surface area contributed by atoms with Crippen LogP contribution in [0.25, 0.3) is 6.08 Å². The SMILES string of the molecule is C[C@@H](NC(=O)/C=C/c1ccc([N+](=O)[O-])o1)c1cccc(Cl)c1. The molecule has 6 nitrogen and oxygen atoms in total. The van der Waals surface area contributed by atoms with Crippen LogP contribution in [0.5, 0.6) is 0 Å². The first kappa shape index (κ1) is 15.8. The second-order valence-electron chi connectivity index (χ2n) is 4.55. The molecule has 0 saturated carbocycles. The Labute approximate surface area is 131 Å². The fourth-order valence-corrected chi connectivity index (χ4v) is 2.01. The van der Waals surface area contributed by atoms with Gasteiger partial charge in [0.15, 0.2) is 0 Å². The molecule has 0 spiro atoms. The number of benzene rings is 1. The van der Waals surface area contributed by atoms with E-state index in [-0.39, 0.29) is 23.6 Å². The Hall–Kier alpha value is -2.60. The van der Waals surface area contributed by atoms with Crippen LogP contribution in [0, 0.1) is 10.1 Å². The van der Waals surface area contributed by atoms with Crippen LogP contribution in [-0.4, -0.2) is 10.8 Å². The number of furan rings is 1. The van der Waals surface area contributed by atoms with Crippen LogP contribution in [0.2, 0.25) is 5.02 Å². The third-order valence-electron chi connectivity index (χ3n) is 2.90. The molecule has 1 amide bonds. The van der Waals surface area contributed by atoms with Gasteiger partial charge in [0, 0.05) is 11.1 Å². The molecule has 114 valence electrons. The zero-order valence-corrected chi connectivity index (χ0v) is 12.4. The maximum absolute atomic E-state index is 11.8. The lowest BCUT2D eigenvalue weighted by Gasteiger charge is -2.12. The summed E-state index contributed by atoms with van der Waals surface area (Å²) in [5.41, 5.74) is 0.878. The lowest BCUT2D eigenvalue weighted by Crippen LogP contribution is -2.24. The molecule has 1 aromatic carbocycles. The van der Waals surface area contributed by atoms with Crippen LogP contribution >= 0.6 is 11.6 Å². The first-order chi connectivity index (χ1) is 10.5. The van der Waals surface area contributed by atoms with Crippen LogP contribution in [0.3, 0.4) is 0 Å². The van der Waals surface area contributed by atoms with Crippen molar-refractivity contribution in [3.8, 4) is 0 Å². The minimum Gasteiger partial charge on any atom is -0.401 e. The van der Waals surface area contributed by atoms with Crippen LogP contribution in [-0.2, 0) is 4.79 Å². The third kappa shape index (κ3) is 4.20. The van der Waals surface area contributed by atoms with Gasteiger partial charge in [0.1, 0.15) is 10.7 Å². The molecule has 0 aliphatic rings. The number of amides is 1. The topological polar surface area (TPSA) is 85.4 Å². The first-order valence-corrected chi connectivity index (χ1v) is 6.82. The lowest BCUT2D eigenvalue weighted by molar-refractivity contribution is -0.402. The van der Waals surface area contributed by atoms with Crippen molar-refractivity contribution in [1.82, 2.24) is 5.32 Å². The molecule has 0 unspecified atom stereocenters. The summed E-state index contributed by atoms with van der Waals surface area (Å²) in [6, 6.07) is 9.61. The van der Waals surface area contributed by atoms with Gasteiger partial charge in [-0.3, -0.25) is 14.9 Å². The van der Waals surface area contributed by atoms with Crippen LogP contribution in [0.15, 0.2) is 46.9 Å². The number of hydrogen-bond acceptors (Lipinski definition) is 4. The van der Waals surface area contributed by atoms with Gasteiger partial charge in [0.05, 0.1) is 12.1 Å². The van der Waals surface area contributed by atoms with E-state index in [0.717, 1.165) is 5.56 Å². The molecule has 0 radical (unpaired) electrons. The highest BCUT2D eigenvalue weighted by molar-refractivity contribution is 6.30. The van der Waals surface area contributed by atoms with E-state index in [9.17, 15) is 14.9 Å². The van der Waals surface area contributed by atoms with Gasteiger partial charge >= 0.3 is 5.88 Å². The summed E-state index contributed by atoms with van der Waals surface area (Å²) in [5, 5.41) is 13.8. The average Bonchev–Trinajstić information content (AvgIpc) is 2.94. The molecule has 0 aliphatic heterocycles. The molecule has 0 aliphatic carbocycles. The third-order valence-corrected chi connectivity index (χ3v) is 3.13. The Morgan fingerprint density at radius 2 is 2.18 bits per heavy atom. The van der Waals surface area contributed by atoms with E-state index >= 15 is 0 Å². The number of nitro groups is 1. The second-order valence-corrected chi connectivity index (χ2v) is 4.99. The van der Waals surface area contributed by atoms with Crippen molar-refractivity contribution >= 4 is 29.5 Å². The molecule has 1 atom stereocenters. The summed E-state index contributed by atoms with van der Waals surface area (Å²) in [5.74, 6) is -0.476. The smallest absolute Gasteiger partial charge is 0.401 e. The van der Waals surface area contributed by atoms with E-state index in [1.807, 2.05) is 13.0 Å². The predicted molar refractivity (Wildman–Crippen MR) is 82.4 cm³/mol. The fraction of sp³-hybridized carbons (Fsp3) is 0.133. The molecular weight excluding hydrogens is 308 g/mol. The van der Waals surface area contributed by atoms with Crippen molar-refractivity contribution < 1.29 is 14.1 Å². The minimum atomic E-state index is -0.640. The maximum atomic E-state index is 11.8. The molecule has 1 aromatic heterocycles. The monoisotopic (exact) mass is 320 g/mol. The number of nitrogens with one attached hydrogen (secondary N) is 1. The van der Waals surface area contributed by atoms with Crippen LogP contribution < -0.4 is 5.32 Å². The van der Waals surface area contributed by atoms with Gasteiger partial charge in [-0.05, 0) is 36.8 Å². The van der Waals surface area contributed by atoms with Crippen molar-refractivity contribution in [2.75, 3.05) is 0 Å². The second kappa shape index (κ2) is 6.91. The summed E-state index contributed by atoms with van der Waals surface area (Å²) in [6.45, 7) is 1.83. The standard InChI is InChI=1S/C15H13ClN2O4/c1-10(11-3-2-4-12(16)9-11)17-14(19)7-5-13-6-8-15(22-13)18(20)21/h2-10H,1H3,(H,17,19)/b7-5+/t10-/m1/s1. The molecule has 0 bridgehead atoms. The van der Waals surface area contributed by atoms with Crippen molar-refractivity contribution in [2.24, 2.45) is 0 Å². The molecule has 0 fully saturated rings. The van der Waals surface area contributed by atoms with E-state index < -0.39 is 4.92 Å². The molecule has 1 heterocycles. The highest BCUT2D eigenvalue weighted by Gasteiger charge is 2.11. The number of rotatable bonds is 5. The summed E-state index contributed by atoms with van der Waals surface area (Å²) >= 11 is 5.90. The number of hydrogen-bond donors (Lipinski definition) is 1. The highest BCUT2D eigenvalue weighted by atomic mass is 35.5. The average molecular weight is 321 g/mol. The van der Waals surface area contributed by atoms with E-state index in [1.165, 1.54) is 24.3 Å². The van der Waals surface area contributed by atoms with Crippen molar-refractivity contribution in [2.45, 2.75) is 13.0 Å². The zero-order valence-electron chi connectivity index (χ0n) is 11.7. The highest BCUT2D eigenvalue weighted by Crippen LogP contribution is 2.18. The normalized spacial score (nSPS) is 12.3. The van der Waals surface area contributed by atoms with E-state index in [0.29, 0.717) is 5.02 Å². The van der Waals surface area contributed by atoms with Crippen molar-refractivity contribution in [1.29, 1.82) is 0 Å². The number of halogens is 1. The Morgan fingerprint density at radius 3 is 2.82 bits per heavy atom. The summed E-state index contributed by atoms with van der Waals surface area (Å²) < 4.78 is 4.92. The minimum absolute atomic E-state index is 0.221. The molecule has 0 saturated heterocycles. The molecular formula is C15H13ClN2O4. The van der Waals surface area contributed by atoms with Gasteiger partial charge in [-0.15, -0.1) is 0 Å². The van der Waals surface area contributed by atoms with E-state index in [4.69, 9.17) is 16.0 Å². The number of carbonyl (C=O) groups is 1. The number of carbonyl (C=O) groups excluding carboxylic acids is 1. The summed E-state index contributed by atoms with van der Waals surface area (Å²) in [6.07, 6.45) is 2.62. The van der Waals surface area contributed by atoms with Gasteiger partial charge in [-0.25, -0.2) is 0 Å². The molecule has 7 heteroatoms. The fourth-order valence-electron chi connectivity index (χ4n) is 1.81. The van der Waals surface area contributed by atoms with Crippen molar-refractivity contribution in [3.05, 3.63) is 68.9 Å². The quantitative estimate of drug-likeness (QED) is 0.516. The number of nitrogens with zero attached hydrogens (tertiary/aromatic N) is 1. The predicted octanol–water partition coefficient (Wildman–Crippen LogP) is 3.73. The van der Waals surface area contributed by atoms with E-state index in [2.05, 4.69) is 5.32 Å². The Morgan fingerprint density at radius 1 is 1.41 bits per heavy atom. The Balaban J connectivity index is 1.97. The Kier molecular flexibility index (Phi) is 4.95. The summed E-state index contributed by atoms with van der Waals surface area (Å²) in [7, 11) is 0. The van der Waals surface area contributed by atoms with E-state index in [1.54, 1.807) is 18.2 Å². The van der Waals surface area contributed by atoms with Gasteiger partial charge in [0.2, 0.25) is 5.91 Å². The first-order valence-electron chi connectivity index (χ1n) is 6.44. The van der Waals surface area contributed by atoms with Gasteiger partial charge in [-0.2, -0.15) is 0 Å². The largest absolute Gasteiger partial charge is 0.433 e. The lowest BCUT2D eigenvalue weighted by atomic mass is 10.1. The zero-order chi connectivity index (χ0) is 16.1. The van der Waals surface area contributed by atoms with Crippen LogP contribution in [0.1, 0.15) is 24.3 Å². The van der Waals surface area contributed by atoms with Gasteiger partial charge in [0.25, 0.3) is 0 Å². The van der Waals surface area contributed by atoms with Crippen molar-refractivity contribution in [3.63, 3.8) is 0 Å². The molecule has 2 aromatic rings.